The summed E-state index contributed by atoms with van der Waals surface area (Å²) >= 11 is 0. The molecule has 2 rings (SSSR count). The SMILES string of the molecule is C=C/C=C(\C=C(/C)CN(C=C)N=NC)c1noc(-c2cnn(CCC)c2CC)n1. The van der Waals surface area contributed by atoms with Crippen molar-refractivity contribution in [1.82, 2.24) is 24.9 Å². The lowest BCUT2D eigenvalue weighted by atomic mass is 10.1. The minimum Gasteiger partial charge on any atom is -0.333 e. The van der Waals surface area contributed by atoms with Crippen LogP contribution in [0.25, 0.3) is 17.0 Å². The van der Waals surface area contributed by atoms with Gasteiger partial charge in [-0.2, -0.15) is 15.2 Å². The fourth-order valence-corrected chi connectivity index (χ4v) is 2.95. The van der Waals surface area contributed by atoms with E-state index in [1.165, 1.54) is 0 Å². The monoisotopic (exact) mass is 395 g/mol. The highest BCUT2D eigenvalue weighted by Crippen LogP contribution is 2.25. The van der Waals surface area contributed by atoms with Gasteiger partial charge in [-0.15, -0.1) is 0 Å². The summed E-state index contributed by atoms with van der Waals surface area (Å²) in [5.74, 6) is 0.958. The standard InChI is InChI=1S/C21H29N7O/c1-7-11-17(13-16(5)15-27(10-4)26-22-6)20-24-21(29-25-20)18-14-23-28(12-8-2)19(18)9-3/h7,10-11,13-14H,1,4,8-9,12,15H2,2-3,5-6H3/b16-13+,17-11+,26-22?. The van der Waals surface area contributed by atoms with E-state index in [9.17, 15) is 0 Å². The molecule has 0 radical (unpaired) electrons. The summed E-state index contributed by atoms with van der Waals surface area (Å²) in [6, 6.07) is 0. The Balaban J connectivity index is 2.32. The highest BCUT2D eigenvalue weighted by molar-refractivity contribution is 5.72. The molecular formula is C21H29N7O. The molecule has 0 aliphatic rings. The van der Waals surface area contributed by atoms with Gasteiger partial charge < -0.3 is 4.52 Å². The van der Waals surface area contributed by atoms with Gasteiger partial charge in [-0.25, -0.2) is 0 Å². The maximum Gasteiger partial charge on any atom is 0.261 e. The van der Waals surface area contributed by atoms with Crippen LogP contribution < -0.4 is 0 Å². The molecule has 154 valence electrons. The quantitative estimate of drug-likeness (QED) is 0.308. The molecule has 0 atom stereocenters. The molecule has 0 unspecified atom stereocenters. The molecule has 0 bridgehead atoms. The Morgan fingerprint density at radius 2 is 2.14 bits per heavy atom. The maximum atomic E-state index is 5.56. The molecule has 0 aliphatic heterocycles. The second-order valence-corrected chi connectivity index (χ2v) is 6.42. The van der Waals surface area contributed by atoms with Crippen molar-refractivity contribution in [3.63, 3.8) is 0 Å². The molecule has 0 N–H and O–H groups in total. The number of hydrogen-bond donors (Lipinski definition) is 0. The predicted molar refractivity (Wildman–Crippen MR) is 115 cm³/mol. The summed E-state index contributed by atoms with van der Waals surface area (Å²) in [6.07, 6.45) is 10.8. The summed E-state index contributed by atoms with van der Waals surface area (Å²) in [7, 11) is 1.62. The Bertz CT molecular complexity index is 917. The summed E-state index contributed by atoms with van der Waals surface area (Å²) in [4.78, 5) is 4.60. The molecule has 0 saturated carbocycles. The Labute approximate surface area is 172 Å². The molecular weight excluding hydrogens is 366 g/mol. The van der Waals surface area contributed by atoms with Gasteiger partial charge >= 0.3 is 0 Å². The van der Waals surface area contributed by atoms with Crippen LogP contribution in [0.3, 0.4) is 0 Å². The van der Waals surface area contributed by atoms with E-state index in [2.05, 4.69) is 52.6 Å². The third-order valence-corrected chi connectivity index (χ3v) is 4.16. The van der Waals surface area contributed by atoms with Gasteiger partial charge in [0.15, 0.2) is 0 Å². The minimum absolute atomic E-state index is 0.465. The first kappa shape index (κ1) is 22.0. The van der Waals surface area contributed by atoms with Gasteiger partial charge in [0.25, 0.3) is 5.89 Å². The number of hydrogen-bond acceptors (Lipinski definition) is 6. The first-order chi connectivity index (χ1) is 14.1. The summed E-state index contributed by atoms with van der Waals surface area (Å²) in [5.41, 5.74) is 3.79. The van der Waals surface area contributed by atoms with Crippen LogP contribution >= 0.6 is 0 Å². The zero-order valence-electron chi connectivity index (χ0n) is 17.7. The highest BCUT2D eigenvalue weighted by Gasteiger charge is 2.18. The first-order valence-corrected chi connectivity index (χ1v) is 9.65. The smallest absolute Gasteiger partial charge is 0.261 e. The molecule has 2 heterocycles. The number of rotatable bonds is 11. The van der Waals surface area contributed by atoms with E-state index in [4.69, 9.17) is 4.52 Å². The summed E-state index contributed by atoms with van der Waals surface area (Å²) < 4.78 is 7.55. The van der Waals surface area contributed by atoms with E-state index in [1.54, 1.807) is 30.5 Å². The van der Waals surface area contributed by atoms with Gasteiger partial charge in [0.1, 0.15) is 0 Å². The van der Waals surface area contributed by atoms with Gasteiger partial charge in [-0.1, -0.05) is 61.2 Å². The van der Waals surface area contributed by atoms with E-state index < -0.39 is 0 Å². The van der Waals surface area contributed by atoms with Crippen molar-refractivity contribution < 1.29 is 4.52 Å². The van der Waals surface area contributed by atoms with Crippen LogP contribution in [0.4, 0.5) is 0 Å². The molecule has 0 aromatic carbocycles. The van der Waals surface area contributed by atoms with Crippen molar-refractivity contribution in [1.29, 1.82) is 0 Å². The van der Waals surface area contributed by atoms with Gasteiger partial charge in [-0.3, -0.25) is 9.69 Å². The van der Waals surface area contributed by atoms with Crippen molar-refractivity contribution in [2.24, 2.45) is 10.3 Å². The number of aromatic nitrogens is 4. The van der Waals surface area contributed by atoms with Crippen molar-refractivity contribution in [3.8, 4) is 11.5 Å². The van der Waals surface area contributed by atoms with Crippen LogP contribution in [0.15, 0.2) is 64.2 Å². The van der Waals surface area contributed by atoms with Gasteiger partial charge in [0.05, 0.1) is 31.0 Å². The van der Waals surface area contributed by atoms with E-state index in [0.29, 0.717) is 18.3 Å². The van der Waals surface area contributed by atoms with Crippen LogP contribution in [-0.4, -0.2) is 38.5 Å². The van der Waals surface area contributed by atoms with Crippen LogP contribution in [0, 0.1) is 0 Å². The Morgan fingerprint density at radius 3 is 2.76 bits per heavy atom. The number of aryl methyl sites for hydroxylation is 1. The molecule has 29 heavy (non-hydrogen) atoms. The van der Waals surface area contributed by atoms with Crippen LogP contribution in [0.5, 0.6) is 0 Å². The highest BCUT2D eigenvalue weighted by atomic mass is 16.5. The zero-order chi connectivity index (χ0) is 21.2. The minimum atomic E-state index is 0.465. The molecule has 2 aromatic heterocycles. The topological polar surface area (TPSA) is 84.7 Å². The third kappa shape index (κ3) is 5.60. The molecule has 0 amide bonds. The van der Waals surface area contributed by atoms with Crippen molar-refractivity contribution >= 4 is 5.57 Å². The second-order valence-electron chi connectivity index (χ2n) is 6.42. The average Bonchev–Trinajstić information content (AvgIpc) is 3.34. The first-order valence-electron chi connectivity index (χ1n) is 9.65. The van der Waals surface area contributed by atoms with Crippen molar-refractivity contribution in [2.45, 2.75) is 40.2 Å². The van der Waals surface area contributed by atoms with Crippen molar-refractivity contribution in [3.05, 3.63) is 60.9 Å². The van der Waals surface area contributed by atoms with E-state index >= 15 is 0 Å². The number of nitrogens with zero attached hydrogens (tertiary/aromatic N) is 7. The molecule has 8 heteroatoms. The maximum absolute atomic E-state index is 5.56. The molecule has 0 aliphatic carbocycles. The summed E-state index contributed by atoms with van der Waals surface area (Å²) in [6.45, 7) is 15.2. The molecule has 0 spiro atoms. The average molecular weight is 396 g/mol. The second kappa shape index (κ2) is 10.9. The van der Waals surface area contributed by atoms with Crippen LogP contribution in [0.1, 0.15) is 38.7 Å². The predicted octanol–water partition coefficient (Wildman–Crippen LogP) is 4.86. The number of allylic oxidation sites excluding steroid dienone is 4. The van der Waals surface area contributed by atoms with Crippen LogP contribution in [0.2, 0.25) is 0 Å². The van der Waals surface area contributed by atoms with Crippen molar-refractivity contribution in [2.75, 3.05) is 13.6 Å². The van der Waals surface area contributed by atoms with Gasteiger partial charge in [0, 0.05) is 18.3 Å². The summed E-state index contributed by atoms with van der Waals surface area (Å²) in [5, 5.41) is 18.0. The third-order valence-electron chi connectivity index (χ3n) is 4.16. The lowest BCUT2D eigenvalue weighted by Gasteiger charge is -2.12. The Hall–Kier alpha value is -3.29. The van der Waals surface area contributed by atoms with E-state index in [1.807, 2.05) is 23.8 Å². The lowest BCUT2D eigenvalue weighted by molar-refractivity contribution is 0.403. The molecule has 2 aromatic rings. The molecule has 0 fully saturated rings. The molecule has 8 nitrogen and oxygen atoms in total. The van der Waals surface area contributed by atoms with Crippen LogP contribution in [-0.2, 0) is 13.0 Å². The fourth-order valence-electron chi connectivity index (χ4n) is 2.95. The normalized spacial score (nSPS) is 12.6. The Kier molecular flexibility index (Phi) is 8.27. The largest absolute Gasteiger partial charge is 0.333 e. The lowest BCUT2D eigenvalue weighted by Crippen LogP contribution is -2.11. The van der Waals surface area contributed by atoms with Gasteiger partial charge in [0.2, 0.25) is 5.82 Å². The van der Waals surface area contributed by atoms with Gasteiger partial charge in [-0.05, 0) is 19.8 Å². The van der Waals surface area contributed by atoms with E-state index in [-0.39, 0.29) is 0 Å². The Morgan fingerprint density at radius 1 is 1.34 bits per heavy atom. The molecule has 0 saturated heterocycles. The van der Waals surface area contributed by atoms with E-state index in [0.717, 1.165) is 41.8 Å². The zero-order valence-corrected chi connectivity index (χ0v) is 17.7. The fraction of sp³-hybridized carbons (Fsp3) is 0.381.